The predicted molar refractivity (Wildman–Crippen MR) is 94.0 cm³/mol. The van der Waals surface area contributed by atoms with E-state index in [1.54, 1.807) is 0 Å². The van der Waals surface area contributed by atoms with Crippen molar-refractivity contribution >= 4 is 5.69 Å². The van der Waals surface area contributed by atoms with Crippen LogP contribution >= 0.6 is 0 Å². The summed E-state index contributed by atoms with van der Waals surface area (Å²) >= 11 is 0. The quantitative estimate of drug-likeness (QED) is 0.848. The number of hydrogen-bond donors (Lipinski definition) is 1. The van der Waals surface area contributed by atoms with Gasteiger partial charge in [-0.25, -0.2) is 0 Å². The average molecular weight is 301 g/mol. The Morgan fingerprint density at radius 1 is 1.05 bits per heavy atom. The van der Waals surface area contributed by atoms with Crippen LogP contribution in [0.25, 0.3) is 0 Å². The minimum absolute atomic E-state index is 0.751. The molecule has 1 aliphatic heterocycles. The van der Waals surface area contributed by atoms with Crippen LogP contribution in [0.3, 0.4) is 0 Å². The summed E-state index contributed by atoms with van der Waals surface area (Å²) in [5.74, 6) is 0. The molecule has 3 heteroatoms. The fourth-order valence-electron chi connectivity index (χ4n) is 4.26. The van der Waals surface area contributed by atoms with Gasteiger partial charge in [-0.05, 0) is 69.9 Å². The zero-order chi connectivity index (χ0) is 15.4. The van der Waals surface area contributed by atoms with E-state index in [0.29, 0.717) is 0 Å². The largest absolute Gasteiger partial charge is 0.399 e. The Kier molecular flexibility index (Phi) is 5.37. The molecule has 0 unspecified atom stereocenters. The predicted octanol–water partition coefficient (Wildman–Crippen LogP) is 3.15. The smallest absolute Gasteiger partial charge is 0.0314 e. The van der Waals surface area contributed by atoms with E-state index >= 15 is 0 Å². The van der Waals surface area contributed by atoms with Crippen LogP contribution in [-0.2, 0) is 6.42 Å². The second-order valence-corrected chi connectivity index (χ2v) is 7.13. The molecule has 122 valence electrons. The van der Waals surface area contributed by atoms with Crippen LogP contribution in [-0.4, -0.2) is 48.6 Å². The minimum atomic E-state index is 0.751. The van der Waals surface area contributed by atoms with Crippen molar-refractivity contribution in [3.63, 3.8) is 0 Å². The van der Waals surface area contributed by atoms with Crippen LogP contribution in [0.4, 0.5) is 5.69 Å². The van der Waals surface area contributed by atoms with Crippen molar-refractivity contribution in [1.82, 2.24) is 9.80 Å². The number of nitrogen functional groups attached to an aromatic ring is 1. The van der Waals surface area contributed by atoms with E-state index in [9.17, 15) is 0 Å². The number of likely N-dealkylation sites (tertiary alicyclic amines) is 1. The maximum Gasteiger partial charge on any atom is 0.0314 e. The summed E-state index contributed by atoms with van der Waals surface area (Å²) in [5.41, 5.74) is 8.03. The van der Waals surface area contributed by atoms with Gasteiger partial charge in [0.05, 0.1) is 0 Å². The van der Waals surface area contributed by atoms with Gasteiger partial charge in [-0.15, -0.1) is 0 Å². The lowest BCUT2D eigenvalue weighted by Crippen LogP contribution is -2.51. The van der Waals surface area contributed by atoms with Crippen LogP contribution < -0.4 is 5.73 Å². The zero-order valence-corrected chi connectivity index (χ0v) is 14.0. The van der Waals surface area contributed by atoms with Crippen LogP contribution in [0, 0.1) is 0 Å². The molecule has 2 fully saturated rings. The highest BCUT2D eigenvalue weighted by Gasteiger charge is 2.33. The lowest BCUT2D eigenvalue weighted by molar-refractivity contribution is 0.0771. The van der Waals surface area contributed by atoms with E-state index in [1.807, 2.05) is 12.1 Å². The molecule has 0 radical (unpaired) electrons. The van der Waals surface area contributed by atoms with Gasteiger partial charge >= 0.3 is 0 Å². The second-order valence-electron chi connectivity index (χ2n) is 7.13. The number of benzene rings is 1. The SMILES string of the molecule is CN(CCc1ccc(N)cc1)[C@H]1CCCC[C@H]1N1CCCC1. The number of anilines is 1. The molecular formula is C19H31N3. The highest BCUT2D eigenvalue weighted by atomic mass is 15.2. The Morgan fingerprint density at radius 3 is 2.45 bits per heavy atom. The number of hydrogen-bond acceptors (Lipinski definition) is 3. The molecule has 0 aromatic heterocycles. The van der Waals surface area contributed by atoms with E-state index in [4.69, 9.17) is 5.73 Å². The van der Waals surface area contributed by atoms with E-state index in [1.165, 1.54) is 57.2 Å². The zero-order valence-electron chi connectivity index (χ0n) is 14.0. The third-order valence-corrected chi connectivity index (χ3v) is 5.60. The number of rotatable bonds is 5. The van der Waals surface area contributed by atoms with Gasteiger partial charge in [0, 0.05) is 24.3 Å². The minimum Gasteiger partial charge on any atom is -0.399 e. The van der Waals surface area contributed by atoms with Gasteiger partial charge < -0.3 is 10.6 Å². The summed E-state index contributed by atoms with van der Waals surface area (Å²) in [4.78, 5) is 5.39. The number of nitrogens with zero attached hydrogens (tertiary/aromatic N) is 2. The maximum atomic E-state index is 5.77. The summed E-state index contributed by atoms with van der Waals surface area (Å²) < 4.78 is 0. The molecule has 0 bridgehead atoms. The van der Waals surface area contributed by atoms with Crippen molar-refractivity contribution in [1.29, 1.82) is 0 Å². The Labute approximate surface area is 135 Å². The molecule has 22 heavy (non-hydrogen) atoms. The van der Waals surface area contributed by atoms with Gasteiger partial charge in [0.2, 0.25) is 0 Å². The van der Waals surface area contributed by atoms with Crippen LogP contribution in [0.5, 0.6) is 0 Å². The van der Waals surface area contributed by atoms with Crippen molar-refractivity contribution < 1.29 is 0 Å². The normalized spacial score (nSPS) is 26.6. The van der Waals surface area contributed by atoms with Crippen molar-refractivity contribution in [2.24, 2.45) is 0 Å². The van der Waals surface area contributed by atoms with Crippen LogP contribution in [0.15, 0.2) is 24.3 Å². The first-order valence-electron chi connectivity index (χ1n) is 9.03. The van der Waals surface area contributed by atoms with Crippen LogP contribution in [0.1, 0.15) is 44.1 Å². The average Bonchev–Trinajstić information content (AvgIpc) is 3.08. The molecule has 1 saturated carbocycles. The van der Waals surface area contributed by atoms with Crippen LogP contribution in [0.2, 0.25) is 0 Å². The van der Waals surface area contributed by atoms with E-state index in [0.717, 1.165) is 30.7 Å². The molecule has 2 aliphatic rings. The molecule has 0 spiro atoms. The van der Waals surface area contributed by atoms with Gasteiger partial charge in [0.15, 0.2) is 0 Å². The Balaban J connectivity index is 1.56. The Hall–Kier alpha value is -1.06. The molecule has 2 atom stereocenters. The maximum absolute atomic E-state index is 5.77. The van der Waals surface area contributed by atoms with Crippen molar-refractivity contribution in [3.8, 4) is 0 Å². The van der Waals surface area contributed by atoms with Gasteiger partial charge in [-0.2, -0.15) is 0 Å². The molecule has 2 N–H and O–H groups in total. The standard InChI is InChI=1S/C19H31N3/c1-21(15-12-16-8-10-17(20)11-9-16)18-6-2-3-7-19(18)22-13-4-5-14-22/h8-11,18-19H,2-7,12-15,20H2,1H3/t18-,19+/m0/s1. The molecular weight excluding hydrogens is 270 g/mol. The molecule has 1 heterocycles. The molecule has 3 rings (SSSR count). The van der Waals surface area contributed by atoms with E-state index in [-0.39, 0.29) is 0 Å². The van der Waals surface area contributed by atoms with Gasteiger partial charge in [0.1, 0.15) is 0 Å². The summed E-state index contributed by atoms with van der Waals surface area (Å²) in [7, 11) is 2.33. The molecule has 1 aromatic carbocycles. The monoisotopic (exact) mass is 301 g/mol. The van der Waals surface area contributed by atoms with Gasteiger partial charge in [0.25, 0.3) is 0 Å². The van der Waals surface area contributed by atoms with Gasteiger partial charge in [-0.3, -0.25) is 4.90 Å². The highest BCUT2D eigenvalue weighted by molar-refractivity contribution is 5.39. The highest BCUT2D eigenvalue weighted by Crippen LogP contribution is 2.29. The third kappa shape index (κ3) is 3.82. The lowest BCUT2D eigenvalue weighted by atomic mass is 9.88. The Bertz CT molecular complexity index is 450. The molecule has 1 aromatic rings. The first-order valence-corrected chi connectivity index (χ1v) is 9.03. The van der Waals surface area contributed by atoms with Crippen molar-refractivity contribution in [3.05, 3.63) is 29.8 Å². The van der Waals surface area contributed by atoms with Gasteiger partial charge in [-0.1, -0.05) is 25.0 Å². The molecule has 1 aliphatic carbocycles. The fourth-order valence-corrected chi connectivity index (χ4v) is 4.26. The second kappa shape index (κ2) is 7.47. The molecule has 3 nitrogen and oxygen atoms in total. The fraction of sp³-hybridized carbons (Fsp3) is 0.684. The first-order chi connectivity index (χ1) is 10.7. The summed E-state index contributed by atoms with van der Waals surface area (Å²) in [6.07, 6.45) is 9.53. The summed E-state index contributed by atoms with van der Waals surface area (Å²) in [5, 5.41) is 0. The first kappa shape index (κ1) is 15.8. The lowest BCUT2D eigenvalue weighted by Gasteiger charge is -2.42. The summed E-state index contributed by atoms with van der Waals surface area (Å²) in [6.45, 7) is 3.80. The molecule has 1 saturated heterocycles. The van der Waals surface area contributed by atoms with Crippen molar-refractivity contribution in [2.45, 2.75) is 57.0 Å². The van der Waals surface area contributed by atoms with Crippen molar-refractivity contribution in [2.75, 3.05) is 32.4 Å². The Morgan fingerprint density at radius 2 is 1.73 bits per heavy atom. The van der Waals surface area contributed by atoms with E-state index in [2.05, 4.69) is 29.0 Å². The number of likely N-dealkylation sites (N-methyl/N-ethyl adjacent to an activating group) is 1. The summed E-state index contributed by atoms with van der Waals surface area (Å²) in [6, 6.07) is 9.92. The third-order valence-electron chi connectivity index (χ3n) is 5.60. The topological polar surface area (TPSA) is 32.5 Å². The molecule has 0 amide bonds. The van der Waals surface area contributed by atoms with E-state index < -0.39 is 0 Å². The number of nitrogens with two attached hydrogens (primary N) is 1.